The summed E-state index contributed by atoms with van der Waals surface area (Å²) >= 11 is 0.852. The summed E-state index contributed by atoms with van der Waals surface area (Å²) in [5.74, 6) is -2.97. The van der Waals surface area contributed by atoms with Gasteiger partial charge in [-0.2, -0.15) is 9.37 Å². The van der Waals surface area contributed by atoms with Crippen molar-refractivity contribution in [3.05, 3.63) is 38.2 Å². The van der Waals surface area contributed by atoms with Crippen LogP contribution in [-0.4, -0.2) is 23.0 Å². The molecule has 3 rings (SSSR count). The van der Waals surface area contributed by atoms with E-state index in [2.05, 4.69) is 4.98 Å². The average Bonchev–Trinajstić information content (AvgIpc) is 2.49. The largest absolute Gasteiger partial charge is 0.348 e. The summed E-state index contributed by atoms with van der Waals surface area (Å²) in [4.78, 5) is 27.8. The van der Waals surface area contributed by atoms with Crippen molar-refractivity contribution in [2.45, 2.75) is 19.3 Å². The number of fused-ring (bicyclic) bond motifs is 1. The van der Waals surface area contributed by atoms with Gasteiger partial charge in [0.15, 0.2) is 10.9 Å². The minimum atomic E-state index is -1.55. The van der Waals surface area contributed by atoms with Crippen molar-refractivity contribution in [2.75, 3.05) is 18.0 Å². The van der Waals surface area contributed by atoms with E-state index in [-0.39, 0.29) is 10.1 Å². The molecule has 1 aliphatic heterocycles. The summed E-state index contributed by atoms with van der Waals surface area (Å²) in [5.41, 5.74) is -1.78. The second kappa shape index (κ2) is 5.56. The van der Waals surface area contributed by atoms with E-state index in [0.29, 0.717) is 24.3 Å². The van der Waals surface area contributed by atoms with Gasteiger partial charge in [-0.25, -0.2) is 4.39 Å². The quantitative estimate of drug-likeness (QED) is 0.626. The topological polar surface area (TPSA) is 76.3 Å². The van der Waals surface area contributed by atoms with Gasteiger partial charge in [-0.05, 0) is 25.3 Å². The van der Waals surface area contributed by atoms with Crippen molar-refractivity contribution in [3.63, 3.8) is 0 Å². The molecule has 1 aromatic heterocycles. The lowest BCUT2D eigenvalue weighted by atomic mass is 10.1. The molecule has 0 aliphatic carbocycles. The molecule has 1 saturated heterocycles. The van der Waals surface area contributed by atoms with Gasteiger partial charge in [-0.15, -0.1) is 0 Å². The number of aromatic nitrogens is 1. The molecule has 0 saturated carbocycles. The summed E-state index contributed by atoms with van der Waals surface area (Å²) in [5, 5.41) is 11.1. The highest BCUT2D eigenvalue weighted by Crippen LogP contribution is 2.35. The van der Waals surface area contributed by atoms with E-state index in [9.17, 15) is 23.7 Å². The zero-order valence-corrected chi connectivity index (χ0v) is 12.2. The maximum Gasteiger partial charge on any atom is 0.325 e. The molecule has 0 bridgehead atoms. The van der Waals surface area contributed by atoms with Crippen LogP contribution >= 0.6 is 11.3 Å². The lowest BCUT2D eigenvalue weighted by Crippen LogP contribution is -2.30. The molecule has 1 aliphatic rings. The molecule has 9 heteroatoms. The highest BCUT2D eigenvalue weighted by atomic mass is 32.1. The Morgan fingerprint density at radius 3 is 2.59 bits per heavy atom. The highest BCUT2D eigenvalue weighted by molar-refractivity contribution is 7.22. The number of nitro benzene ring substituents is 1. The summed E-state index contributed by atoms with van der Waals surface area (Å²) in [7, 11) is 0. The number of hydrogen-bond donors (Lipinski definition) is 0. The summed E-state index contributed by atoms with van der Waals surface area (Å²) in [6.07, 6.45) is 2.93. The van der Waals surface area contributed by atoms with Gasteiger partial charge in [0.1, 0.15) is 4.70 Å². The van der Waals surface area contributed by atoms with Gasteiger partial charge >= 0.3 is 5.69 Å². The minimum absolute atomic E-state index is 0.176. The van der Waals surface area contributed by atoms with E-state index in [1.807, 2.05) is 4.90 Å². The van der Waals surface area contributed by atoms with E-state index in [0.717, 1.165) is 30.6 Å². The fourth-order valence-electron chi connectivity index (χ4n) is 2.50. The first-order valence-electron chi connectivity index (χ1n) is 6.71. The van der Waals surface area contributed by atoms with Crippen molar-refractivity contribution in [2.24, 2.45) is 0 Å². The zero-order chi connectivity index (χ0) is 15.9. The standard InChI is InChI=1S/C13H11F2N3O3S/c14-8-6-7-11(10(9(8)15)18(20)21)22-13(16-12(7)19)17-4-2-1-3-5-17/h6H,1-5H2. The predicted octanol–water partition coefficient (Wildman–Crippen LogP) is 2.83. The van der Waals surface area contributed by atoms with Crippen LogP contribution in [0, 0.1) is 21.7 Å². The third-order valence-corrected chi connectivity index (χ3v) is 4.73. The Morgan fingerprint density at radius 1 is 1.27 bits per heavy atom. The number of nitrogens with zero attached hydrogens (tertiary/aromatic N) is 3. The molecule has 1 fully saturated rings. The molecule has 2 aromatic rings. The number of hydrogen-bond acceptors (Lipinski definition) is 6. The Labute approximate surface area is 127 Å². The van der Waals surface area contributed by atoms with E-state index in [1.165, 1.54) is 0 Å². The SMILES string of the molecule is O=c1nc(N2CCCCC2)sc2c([N+](=O)[O-])c(F)c(F)cc12. The average molecular weight is 327 g/mol. The van der Waals surface area contributed by atoms with Crippen LogP contribution in [0.3, 0.4) is 0 Å². The minimum Gasteiger partial charge on any atom is -0.348 e. The second-order valence-corrected chi connectivity index (χ2v) is 5.98. The fraction of sp³-hybridized carbons (Fsp3) is 0.385. The van der Waals surface area contributed by atoms with Crippen LogP contribution in [0.15, 0.2) is 10.9 Å². The van der Waals surface area contributed by atoms with Crippen LogP contribution in [0.4, 0.5) is 19.6 Å². The van der Waals surface area contributed by atoms with E-state index >= 15 is 0 Å². The highest BCUT2D eigenvalue weighted by Gasteiger charge is 2.27. The molecule has 0 spiro atoms. The number of benzene rings is 1. The zero-order valence-electron chi connectivity index (χ0n) is 11.3. The predicted molar refractivity (Wildman–Crippen MR) is 78.5 cm³/mol. The maximum atomic E-state index is 13.7. The third kappa shape index (κ3) is 2.41. The summed E-state index contributed by atoms with van der Waals surface area (Å²) < 4.78 is 27.0. The molecule has 0 unspecified atom stereocenters. The van der Waals surface area contributed by atoms with Crippen molar-refractivity contribution in [1.29, 1.82) is 0 Å². The molecule has 1 aromatic carbocycles. The van der Waals surface area contributed by atoms with Crippen LogP contribution in [0.1, 0.15) is 19.3 Å². The van der Waals surface area contributed by atoms with Gasteiger partial charge in [0.05, 0.1) is 10.3 Å². The van der Waals surface area contributed by atoms with Crippen LogP contribution in [0.5, 0.6) is 0 Å². The number of anilines is 1. The van der Waals surface area contributed by atoms with Gasteiger partial charge in [0.25, 0.3) is 5.56 Å². The second-order valence-electron chi connectivity index (χ2n) is 5.00. The Balaban J connectivity index is 2.27. The van der Waals surface area contributed by atoms with Gasteiger partial charge in [0.2, 0.25) is 5.82 Å². The van der Waals surface area contributed by atoms with Crippen molar-refractivity contribution >= 4 is 32.2 Å². The smallest absolute Gasteiger partial charge is 0.325 e. The van der Waals surface area contributed by atoms with Crippen LogP contribution < -0.4 is 10.5 Å². The molecular weight excluding hydrogens is 316 g/mol. The molecule has 6 nitrogen and oxygen atoms in total. The van der Waals surface area contributed by atoms with E-state index in [4.69, 9.17) is 0 Å². The van der Waals surface area contributed by atoms with Crippen LogP contribution in [0.25, 0.3) is 10.1 Å². The first kappa shape index (κ1) is 14.8. The van der Waals surface area contributed by atoms with Crippen molar-refractivity contribution < 1.29 is 13.7 Å². The van der Waals surface area contributed by atoms with Gasteiger partial charge in [0, 0.05) is 13.1 Å². The van der Waals surface area contributed by atoms with Crippen molar-refractivity contribution in [1.82, 2.24) is 4.98 Å². The van der Waals surface area contributed by atoms with E-state index < -0.39 is 27.8 Å². The van der Waals surface area contributed by atoms with Crippen molar-refractivity contribution in [3.8, 4) is 0 Å². The Morgan fingerprint density at radius 2 is 1.95 bits per heavy atom. The lowest BCUT2D eigenvalue weighted by Gasteiger charge is -2.26. The monoisotopic (exact) mass is 327 g/mol. The van der Waals surface area contributed by atoms with E-state index in [1.54, 1.807) is 0 Å². The first-order valence-corrected chi connectivity index (χ1v) is 7.53. The normalized spacial score (nSPS) is 15.3. The number of piperidine rings is 1. The van der Waals surface area contributed by atoms with Crippen LogP contribution in [0.2, 0.25) is 0 Å². The van der Waals surface area contributed by atoms with Gasteiger partial charge in [-0.3, -0.25) is 14.9 Å². The number of halogens is 2. The molecule has 0 atom stereocenters. The third-order valence-electron chi connectivity index (χ3n) is 3.58. The molecule has 2 heterocycles. The first-order chi connectivity index (χ1) is 10.5. The molecule has 116 valence electrons. The van der Waals surface area contributed by atoms with Crippen LogP contribution in [-0.2, 0) is 0 Å². The maximum absolute atomic E-state index is 13.7. The number of rotatable bonds is 2. The Bertz CT molecular complexity index is 818. The molecule has 0 N–H and O–H groups in total. The fourth-order valence-corrected chi connectivity index (χ4v) is 3.64. The van der Waals surface area contributed by atoms with Gasteiger partial charge in [-0.1, -0.05) is 11.3 Å². The summed E-state index contributed by atoms with van der Waals surface area (Å²) in [6.45, 7) is 1.37. The Hall–Kier alpha value is -2.16. The molecule has 22 heavy (non-hydrogen) atoms. The lowest BCUT2D eigenvalue weighted by molar-refractivity contribution is -0.385. The molecule has 0 amide bonds. The number of nitro groups is 1. The summed E-state index contributed by atoms with van der Waals surface area (Å²) in [6, 6.07) is 0.670. The van der Waals surface area contributed by atoms with Gasteiger partial charge < -0.3 is 4.90 Å². The Kier molecular flexibility index (Phi) is 3.73. The molecule has 0 radical (unpaired) electrons. The molecular formula is C13H11F2N3O3S.